The Morgan fingerprint density at radius 3 is 2.95 bits per heavy atom. The zero-order chi connectivity index (χ0) is 14.5. The van der Waals surface area contributed by atoms with Gasteiger partial charge in [0.25, 0.3) is 0 Å². The molecular formula is C13H14BrN3O3. The van der Waals surface area contributed by atoms with Gasteiger partial charge in [0.1, 0.15) is 17.7 Å². The number of hydrogen-bond donors (Lipinski definition) is 3. The van der Waals surface area contributed by atoms with Gasteiger partial charge in [0.2, 0.25) is 0 Å². The molecule has 0 saturated carbocycles. The van der Waals surface area contributed by atoms with E-state index >= 15 is 0 Å². The van der Waals surface area contributed by atoms with Crippen molar-refractivity contribution in [2.45, 2.75) is 13.0 Å². The molecule has 2 amide bonds. The number of aliphatic hydroxyl groups excluding tert-OH is 1. The Balaban J connectivity index is 1.85. The number of aryl methyl sites for hydroxylation is 1. The van der Waals surface area contributed by atoms with Gasteiger partial charge in [0.15, 0.2) is 0 Å². The summed E-state index contributed by atoms with van der Waals surface area (Å²) in [5, 5.41) is 14.9. The van der Waals surface area contributed by atoms with Gasteiger partial charge >= 0.3 is 6.03 Å². The van der Waals surface area contributed by atoms with Crippen molar-refractivity contribution in [1.29, 1.82) is 0 Å². The molecule has 2 aromatic rings. The zero-order valence-electron chi connectivity index (χ0n) is 10.8. The molecule has 0 aliphatic rings. The predicted octanol–water partition coefficient (Wildman–Crippen LogP) is 2.60. The van der Waals surface area contributed by atoms with Crippen LogP contribution in [-0.2, 0) is 0 Å². The van der Waals surface area contributed by atoms with Crippen molar-refractivity contribution >= 4 is 27.8 Å². The largest absolute Gasteiger partial charge is 0.467 e. The number of nitrogens with one attached hydrogen (secondary N) is 2. The van der Waals surface area contributed by atoms with Gasteiger partial charge in [-0.15, -0.1) is 0 Å². The molecule has 0 fully saturated rings. The quantitative estimate of drug-likeness (QED) is 0.798. The first-order valence-electron chi connectivity index (χ1n) is 5.95. The highest BCUT2D eigenvalue weighted by molar-refractivity contribution is 9.10. The van der Waals surface area contributed by atoms with Crippen LogP contribution in [0.15, 0.2) is 39.4 Å². The summed E-state index contributed by atoms with van der Waals surface area (Å²) in [7, 11) is 0. The molecule has 0 spiro atoms. The van der Waals surface area contributed by atoms with Crippen LogP contribution in [0.5, 0.6) is 0 Å². The first-order valence-corrected chi connectivity index (χ1v) is 6.75. The van der Waals surface area contributed by atoms with Crippen LogP contribution in [0, 0.1) is 6.92 Å². The van der Waals surface area contributed by atoms with E-state index in [9.17, 15) is 9.90 Å². The maximum absolute atomic E-state index is 11.7. The number of halogens is 1. The third kappa shape index (κ3) is 3.82. The first-order chi connectivity index (χ1) is 9.56. The zero-order valence-corrected chi connectivity index (χ0v) is 12.3. The first kappa shape index (κ1) is 14.5. The van der Waals surface area contributed by atoms with Crippen LogP contribution in [0.2, 0.25) is 0 Å². The molecule has 0 aliphatic carbocycles. The number of rotatable bonds is 4. The number of amides is 2. The number of anilines is 1. The summed E-state index contributed by atoms with van der Waals surface area (Å²) >= 11 is 3.33. The lowest BCUT2D eigenvalue weighted by atomic mass is 10.3. The molecule has 0 saturated heterocycles. The van der Waals surface area contributed by atoms with E-state index in [-0.39, 0.29) is 6.54 Å². The van der Waals surface area contributed by atoms with E-state index in [0.717, 1.165) is 10.2 Å². The molecule has 1 atom stereocenters. The number of carbonyl (C=O) groups is 1. The van der Waals surface area contributed by atoms with Gasteiger partial charge in [0.05, 0.1) is 18.5 Å². The van der Waals surface area contributed by atoms with Crippen molar-refractivity contribution < 1.29 is 14.3 Å². The van der Waals surface area contributed by atoms with Crippen molar-refractivity contribution in [3.8, 4) is 0 Å². The highest BCUT2D eigenvalue weighted by Gasteiger charge is 2.12. The summed E-state index contributed by atoms with van der Waals surface area (Å²) in [6.07, 6.45) is 0.586. The second-order valence-corrected chi connectivity index (χ2v) is 4.98. The molecule has 0 radical (unpaired) electrons. The molecular weight excluding hydrogens is 326 g/mol. The number of urea groups is 1. The maximum Gasteiger partial charge on any atom is 0.320 e. The molecule has 0 bridgehead atoms. The minimum atomic E-state index is -0.879. The second-order valence-electron chi connectivity index (χ2n) is 4.13. The summed E-state index contributed by atoms with van der Waals surface area (Å²) in [5.74, 6) is 0.846. The summed E-state index contributed by atoms with van der Waals surface area (Å²) < 4.78 is 5.91. The summed E-state index contributed by atoms with van der Waals surface area (Å²) in [6.45, 7) is 1.88. The van der Waals surface area contributed by atoms with Crippen LogP contribution < -0.4 is 10.6 Å². The topological polar surface area (TPSA) is 87.4 Å². The molecule has 6 nitrogen and oxygen atoms in total. The summed E-state index contributed by atoms with van der Waals surface area (Å²) in [5.41, 5.74) is 0.776. The van der Waals surface area contributed by atoms with E-state index in [2.05, 4.69) is 31.5 Å². The fourth-order valence-electron chi connectivity index (χ4n) is 1.55. The van der Waals surface area contributed by atoms with E-state index in [0.29, 0.717) is 11.6 Å². The van der Waals surface area contributed by atoms with Crippen LogP contribution >= 0.6 is 15.9 Å². The van der Waals surface area contributed by atoms with E-state index < -0.39 is 12.1 Å². The van der Waals surface area contributed by atoms with Crippen molar-refractivity contribution in [2.75, 3.05) is 11.9 Å². The van der Waals surface area contributed by atoms with E-state index in [4.69, 9.17) is 4.42 Å². The Morgan fingerprint density at radius 2 is 2.30 bits per heavy atom. The van der Waals surface area contributed by atoms with Gasteiger partial charge in [-0.25, -0.2) is 9.78 Å². The SMILES string of the molecule is Cc1nc(NC(=O)NCC(O)c2ccco2)ccc1Br. The van der Waals surface area contributed by atoms with Gasteiger partial charge in [0, 0.05) is 4.47 Å². The van der Waals surface area contributed by atoms with Crippen LogP contribution in [0.3, 0.4) is 0 Å². The number of pyridine rings is 1. The minimum Gasteiger partial charge on any atom is -0.467 e. The van der Waals surface area contributed by atoms with Gasteiger partial charge in [-0.05, 0) is 47.1 Å². The lowest BCUT2D eigenvalue weighted by Gasteiger charge is -2.10. The third-order valence-electron chi connectivity index (χ3n) is 2.59. The van der Waals surface area contributed by atoms with Crippen LogP contribution in [0.25, 0.3) is 0 Å². The van der Waals surface area contributed by atoms with Crippen LogP contribution in [0.4, 0.5) is 10.6 Å². The molecule has 2 aromatic heterocycles. The number of furan rings is 1. The molecule has 7 heteroatoms. The standard InChI is InChI=1S/C13H14BrN3O3/c1-8-9(14)4-5-12(16-8)17-13(19)15-7-10(18)11-3-2-6-20-11/h2-6,10,18H,7H2,1H3,(H2,15,16,17,19). The lowest BCUT2D eigenvalue weighted by Crippen LogP contribution is -2.32. The van der Waals surface area contributed by atoms with Crippen molar-refractivity contribution in [3.05, 3.63) is 46.5 Å². The van der Waals surface area contributed by atoms with E-state index in [1.165, 1.54) is 6.26 Å². The molecule has 0 aromatic carbocycles. The Hall–Kier alpha value is -1.86. The lowest BCUT2D eigenvalue weighted by molar-refractivity contribution is 0.149. The fraction of sp³-hybridized carbons (Fsp3) is 0.231. The summed E-state index contributed by atoms with van der Waals surface area (Å²) in [4.78, 5) is 15.9. The van der Waals surface area contributed by atoms with Crippen LogP contribution in [-0.4, -0.2) is 22.7 Å². The van der Waals surface area contributed by atoms with Crippen molar-refractivity contribution in [2.24, 2.45) is 0 Å². The highest BCUT2D eigenvalue weighted by atomic mass is 79.9. The number of nitrogens with zero attached hydrogens (tertiary/aromatic N) is 1. The van der Waals surface area contributed by atoms with Gasteiger partial charge in [-0.3, -0.25) is 5.32 Å². The third-order valence-corrected chi connectivity index (χ3v) is 3.43. The molecule has 3 N–H and O–H groups in total. The average Bonchev–Trinajstić information content (AvgIpc) is 2.94. The predicted molar refractivity (Wildman–Crippen MR) is 77.4 cm³/mol. The number of aliphatic hydroxyl groups is 1. The normalized spacial score (nSPS) is 11.9. The molecule has 2 heterocycles. The number of carbonyl (C=O) groups excluding carboxylic acids is 1. The Kier molecular flexibility index (Phi) is 4.75. The maximum atomic E-state index is 11.7. The minimum absolute atomic E-state index is 0.0505. The second kappa shape index (κ2) is 6.53. The molecule has 0 aliphatic heterocycles. The van der Waals surface area contributed by atoms with Gasteiger partial charge in [-0.2, -0.15) is 0 Å². The van der Waals surface area contributed by atoms with Gasteiger partial charge in [-0.1, -0.05) is 0 Å². The summed E-state index contributed by atoms with van der Waals surface area (Å²) in [6, 6.07) is 6.36. The Morgan fingerprint density at radius 1 is 1.50 bits per heavy atom. The molecule has 1 unspecified atom stereocenters. The molecule has 20 heavy (non-hydrogen) atoms. The van der Waals surface area contributed by atoms with E-state index in [1.54, 1.807) is 24.3 Å². The van der Waals surface area contributed by atoms with Crippen molar-refractivity contribution in [1.82, 2.24) is 10.3 Å². The average molecular weight is 340 g/mol. The van der Waals surface area contributed by atoms with Crippen molar-refractivity contribution in [3.63, 3.8) is 0 Å². The highest BCUT2D eigenvalue weighted by Crippen LogP contribution is 2.16. The Labute approximate surface area is 124 Å². The monoisotopic (exact) mass is 339 g/mol. The van der Waals surface area contributed by atoms with E-state index in [1.807, 2.05) is 6.92 Å². The van der Waals surface area contributed by atoms with Gasteiger partial charge < -0.3 is 14.8 Å². The number of hydrogen-bond acceptors (Lipinski definition) is 4. The number of aromatic nitrogens is 1. The molecule has 2 rings (SSSR count). The smallest absolute Gasteiger partial charge is 0.320 e. The molecule has 106 valence electrons. The van der Waals surface area contributed by atoms with Crippen LogP contribution in [0.1, 0.15) is 17.6 Å². The fourth-order valence-corrected chi connectivity index (χ4v) is 1.77. The Bertz CT molecular complexity index is 587.